The molecule has 0 saturated carbocycles. The van der Waals surface area contributed by atoms with Crippen molar-refractivity contribution in [3.05, 3.63) is 67.9 Å². The standard InChI is InChI=1S/C14H10Cl2N6O3/c15-9-2-1-8(10(16)5-9)7-21-4-3-12(20-21)17-14(23)11-6-13(19-18-11)22(24)25/h1-6H,7H2,(H,18,19)(H,17,20,23). The summed E-state index contributed by atoms with van der Waals surface area (Å²) in [6.07, 6.45) is 1.66. The van der Waals surface area contributed by atoms with Gasteiger partial charge in [-0.05, 0) is 22.6 Å². The molecule has 1 amide bonds. The van der Waals surface area contributed by atoms with Crippen molar-refractivity contribution in [2.75, 3.05) is 5.32 Å². The van der Waals surface area contributed by atoms with Gasteiger partial charge in [-0.3, -0.25) is 9.48 Å². The maximum atomic E-state index is 12.0. The molecule has 11 heteroatoms. The van der Waals surface area contributed by atoms with Crippen molar-refractivity contribution in [2.24, 2.45) is 0 Å². The molecule has 2 heterocycles. The number of nitrogens with zero attached hydrogens (tertiary/aromatic N) is 4. The molecule has 0 saturated heterocycles. The zero-order valence-corrected chi connectivity index (χ0v) is 14.0. The normalized spacial score (nSPS) is 10.6. The van der Waals surface area contributed by atoms with Gasteiger partial charge in [-0.2, -0.15) is 5.10 Å². The minimum absolute atomic E-state index is 0.109. The number of hydrogen-bond donors (Lipinski definition) is 2. The summed E-state index contributed by atoms with van der Waals surface area (Å²) in [5.41, 5.74) is 0.706. The number of anilines is 1. The smallest absolute Gasteiger partial charge is 0.343 e. The summed E-state index contributed by atoms with van der Waals surface area (Å²) in [6, 6.07) is 7.77. The first-order valence-electron chi connectivity index (χ1n) is 6.91. The molecule has 25 heavy (non-hydrogen) atoms. The third-order valence-corrected chi connectivity index (χ3v) is 3.81. The van der Waals surface area contributed by atoms with Gasteiger partial charge in [-0.25, -0.2) is 0 Å². The van der Waals surface area contributed by atoms with Crippen molar-refractivity contribution in [3.63, 3.8) is 0 Å². The number of carbonyl (C=O) groups is 1. The lowest BCUT2D eigenvalue weighted by Crippen LogP contribution is -2.13. The molecule has 0 aliphatic heterocycles. The number of nitro groups is 1. The van der Waals surface area contributed by atoms with Crippen LogP contribution in [0.1, 0.15) is 16.1 Å². The van der Waals surface area contributed by atoms with Crippen LogP contribution in [0.3, 0.4) is 0 Å². The second-order valence-electron chi connectivity index (χ2n) is 4.98. The summed E-state index contributed by atoms with van der Waals surface area (Å²) in [7, 11) is 0. The zero-order chi connectivity index (χ0) is 18.0. The van der Waals surface area contributed by atoms with Crippen LogP contribution in [-0.4, -0.2) is 30.8 Å². The van der Waals surface area contributed by atoms with Crippen LogP contribution in [0.15, 0.2) is 36.5 Å². The molecule has 1 aromatic carbocycles. The molecule has 0 aliphatic carbocycles. The fourth-order valence-electron chi connectivity index (χ4n) is 2.04. The number of halogens is 2. The van der Waals surface area contributed by atoms with E-state index in [1.165, 1.54) is 0 Å². The average Bonchev–Trinajstić information content (AvgIpc) is 3.19. The Hall–Kier alpha value is -2.91. The lowest BCUT2D eigenvalue weighted by molar-refractivity contribution is -0.389. The lowest BCUT2D eigenvalue weighted by Gasteiger charge is -2.05. The van der Waals surface area contributed by atoms with Gasteiger partial charge in [-0.15, -0.1) is 5.10 Å². The first-order valence-corrected chi connectivity index (χ1v) is 7.66. The molecule has 0 aliphatic rings. The van der Waals surface area contributed by atoms with Crippen molar-refractivity contribution in [1.82, 2.24) is 20.0 Å². The number of H-pyrrole nitrogens is 1. The summed E-state index contributed by atoms with van der Waals surface area (Å²) in [4.78, 5) is 21.9. The Kier molecular flexibility index (Phi) is 4.68. The number of nitrogens with one attached hydrogen (secondary N) is 2. The summed E-state index contributed by atoms with van der Waals surface area (Å²) >= 11 is 12.0. The zero-order valence-electron chi connectivity index (χ0n) is 12.4. The molecular weight excluding hydrogens is 371 g/mol. The van der Waals surface area contributed by atoms with Crippen molar-refractivity contribution >= 4 is 40.7 Å². The van der Waals surface area contributed by atoms with Gasteiger partial charge < -0.3 is 15.4 Å². The van der Waals surface area contributed by atoms with E-state index in [0.717, 1.165) is 11.6 Å². The van der Waals surface area contributed by atoms with Gasteiger partial charge in [0.1, 0.15) is 0 Å². The first kappa shape index (κ1) is 16.9. The molecule has 0 radical (unpaired) electrons. The number of rotatable bonds is 5. The number of hydrogen-bond acceptors (Lipinski definition) is 5. The van der Waals surface area contributed by atoms with E-state index in [9.17, 15) is 14.9 Å². The number of benzene rings is 1. The molecule has 128 valence electrons. The highest BCUT2D eigenvalue weighted by Crippen LogP contribution is 2.22. The van der Waals surface area contributed by atoms with Crippen molar-refractivity contribution in [1.29, 1.82) is 0 Å². The molecule has 0 bridgehead atoms. The fraction of sp³-hybridized carbons (Fsp3) is 0.0714. The van der Waals surface area contributed by atoms with Crippen LogP contribution in [0.2, 0.25) is 10.0 Å². The molecule has 2 aromatic heterocycles. The van der Waals surface area contributed by atoms with Gasteiger partial charge in [0.25, 0.3) is 5.91 Å². The molecular formula is C14H10Cl2N6O3. The minimum atomic E-state index is -0.672. The van der Waals surface area contributed by atoms with Gasteiger partial charge in [-0.1, -0.05) is 34.4 Å². The van der Waals surface area contributed by atoms with E-state index in [-0.39, 0.29) is 17.3 Å². The summed E-state index contributed by atoms with van der Waals surface area (Å²) in [5.74, 6) is -0.701. The summed E-state index contributed by atoms with van der Waals surface area (Å²) in [5, 5.41) is 24.1. The first-order chi connectivity index (χ1) is 11.9. The Bertz CT molecular complexity index is 952. The third-order valence-electron chi connectivity index (χ3n) is 3.22. The van der Waals surface area contributed by atoms with Crippen molar-refractivity contribution in [2.45, 2.75) is 6.54 Å². The Labute approximate surface area is 150 Å². The maximum absolute atomic E-state index is 12.0. The Morgan fingerprint density at radius 3 is 2.80 bits per heavy atom. The number of aromatic nitrogens is 4. The van der Waals surface area contributed by atoms with Crippen molar-refractivity contribution < 1.29 is 9.72 Å². The second-order valence-corrected chi connectivity index (χ2v) is 5.83. The predicted octanol–water partition coefficient (Wildman–Crippen LogP) is 3.12. The second kappa shape index (κ2) is 6.91. The Balaban J connectivity index is 1.68. The Morgan fingerprint density at radius 2 is 2.12 bits per heavy atom. The molecule has 0 unspecified atom stereocenters. The monoisotopic (exact) mass is 380 g/mol. The van der Waals surface area contributed by atoms with Crippen LogP contribution in [0, 0.1) is 10.1 Å². The Morgan fingerprint density at radius 1 is 1.32 bits per heavy atom. The van der Waals surface area contributed by atoms with E-state index in [0.29, 0.717) is 16.6 Å². The fourth-order valence-corrected chi connectivity index (χ4v) is 2.51. The van der Waals surface area contributed by atoms with Crippen molar-refractivity contribution in [3.8, 4) is 0 Å². The highest BCUT2D eigenvalue weighted by molar-refractivity contribution is 6.35. The number of aromatic amines is 1. The largest absolute Gasteiger partial charge is 0.358 e. The van der Waals surface area contributed by atoms with Gasteiger partial charge >= 0.3 is 5.82 Å². The van der Waals surface area contributed by atoms with E-state index in [1.54, 1.807) is 35.1 Å². The molecule has 2 N–H and O–H groups in total. The van der Waals surface area contributed by atoms with Crippen LogP contribution >= 0.6 is 23.2 Å². The molecule has 0 spiro atoms. The van der Waals surface area contributed by atoms with Crippen LogP contribution < -0.4 is 5.32 Å². The van der Waals surface area contributed by atoms with Gasteiger partial charge in [0, 0.05) is 22.3 Å². The topological polar surface area (TPSA) is 119 Å². The average molecular weight is 381 g/mol. The van der Waals surface area contributed by atoms with E-state index in [2.05, 4.69) is 20.6 Å². The van der Waals surface area contributed by atoms with E-state index in [4.69, 9.17) is 23.2 Å². The third kappa shape index (κ3) is 3.95. The quantitative estimate of drug-likeness (QED) is 0.520. The summed E-state index contributed by atoms with van der Waals surface area (Å²) < 4.78 is 1.58. The maximum Gasteiger partial charge on any atom is 0.343 e. The highest BCUT2D eigenvalue weighted by Gasteiger charge is 2.17. The van der Waals surface area contributed by atoms with Gasteiger partial charge in [0.05, 0.1) is 12.6 Å². The highest BCUT2D eigenvalue weighted by atomic mass is 35.5. The molecule has 0 fully saturated rings. The van der Waals surface area contributed by atoms with Gasteiger partial charge in [0.15, 0.2) is 11.5 Å². The van der Waals surface area contributed by atoms with E-state index < -0.39 is 10.8 Å². The number of carbonyl (C=O) groups excluding carboxylic acids is 1. The molecule has 3 aromatic rings. The van der Waals surface area contributed by atoms with E-state index in [1.807, 2.05) is 0 Å². The van der Waals surface area contributed by atoms with Crippen LogP contribution in [0.25, 0.3) is 0 Å². The van der Waals surface area contributed by atoms with Gasteiger partial charge in [0.2, 0.25) is 0 Å². The SMILES string of the molecule is O=C(Nc1ccn(Cc2ccc(Cl)cc2Cl)n1)c1cc([N+](=O)[O-])[nH]n1. The molecule has 9 nitrogen and oxygen atoms in total. The lowest BCUT2D eigenvalue weighted by atomic mass is 10.2. The van der Waals surface area contributed by atoms with Crippen LogP contribution in [-0.2, 0) is 6.54 Å². The molecule has 0 atom stereocenters. The van der Waals surface area contributed by atoms with E-state index >= 15 is 0 Å². The summed E-state index contributed by atoms with van der Waals surface area (Å²) in [6.45, 7) is 0.389. The van der Waals surface area contributed by atoms with Crippen LogP contribution in [0.4, 0.5) is 11.6 Å². The van der Waals surface area contributed by atoms with Crippen LogP contribution in [0.5, 0.6) is 0 Å². The number of amides is 1. The molecule has 3 rings (SSSR count). The minimum Gasteiger partial charge on any atom is -0.358 e. The predicted molar refractivity (Wildman–Crippen MR) is 91.0 cm³/mol.